The minimum Gasteiger partial charge on any atom is -0.240 e. The maximum atomic E-state index is 7.99. The summed E-state index contributed by atoms with van der Waals surface area (Å²) in [6.07, 6.45) is 0. The standard InChI is InChI=1S/2C30H22N6.C16H8.C7H7N3.CH4/c1-3-11-21(12-4-1)19-35-29-25-17-9-7-15-23(25)28-30(26-18-10-8-16-24(26)27(29)31-33-35)36(34-32-28)20-22-13-5-2-6-14-22;1-3-11-21(12-4-1)19-35-29-25-17-9-10-18-26(25)30-28(24-16-8-7-15-23(24)27(29)31-33-35)32-34-36(30)20-22-13-5-2-6-14-22;1-2-6-14-11-12-16-8-4-3-7-15(16)10-9-13(14)5-1;8-10-9-6-7-4-2-1-3-5-7;/h2*1-18H,19-20H2;1-8H;1-5H,6H2;1H4. The average molecular weight is 1280 g/mol. The highest BCUT2D eigenvalue weighted by molar-refractivity contribution is 6.00. The maximum absolute atomic E-state index is 7.99. The van der Waals surface area contributed by atoms with Crippen molar-refractivity contribution in [3.8, 4) is 114 Å². The largest absolute Gasteiger partial charge is 0.240 e. The van der Waals surface area contributed by atoms with E-state index in [0.29, 0.717) is 32.7 Å². The summed E-state index contributed by atoms with van der Waals surface area (Å²) in [6.45, 7) is 2.97. The van der Waals surface area contributed by atoms with E-state index in [4.69, 9.17) is 25.9 Å². The molecule has 0 bridgehead atoms. The van der Waals surface area contributed by atoms with Gasteiger partial charge in [0.2, 0.25) is 0 Å². The molecule has 15 aromatic rings. The second kappa shape index (κ2) is 29.4. The van der Waals surface area contributed by atoms with Gasteiger partial charge in [0.05, 0.1) is 55.5 Å². The van der Waals surface area contributed by atoms with Gasteiger partial charge in [-0.15, -0.1) is 20.4 Å². The van der Waals surface area contributed by atoms with Gasteiger partial charge in [-0.25, -0.2) is 18.7 Å². The molecule has 0 aliphatic heterocycles. The Kier molecular flexibility index (Phi) is 18.6. The molecular weight excluding hydrogens is 1220 g/mol. The lowest BCUT2D eigenvalue weighted by Crippen LogP contribution is -2.08. The van der Waals surface area contributed by atoms with E-state index in [2.05, 4.69) is 237 Å². The number of hydrogen-bond acceptors (Lipinski definition) is 9. The first-order valence-corrected chi connectivity index (χ1v) is 32.2. The van der Waals surface area contributed by atoms with Crippen molar-refractivity contribution in [1.82, 2.24) is 60.0 Å². The Labute approximate surface area is 573 Å². The van der Waals surface area contributed by atoms with Crippen LogP contribution in [0, 0.1) is 23.7 Å². The molecule has 18 rings (SSSR count). The van der Waals surface area contributed by atoms with E-state index in [1.165, 1.54) is 22.3 Å². The second-order valence-electron chi connectivity index (χ2n) is 23.4. The SMILES string of the molecule is C.C1#Cc2ccccc2C#Cc2ccccc21.[N-]=[N+]=NCc1ccccc1.c1ccc(Cn2nnc3c2-c2ccccc2-c2c(nnn2Cc2ccccc2)-c2ccccc2-3)cc1.c1ccc(Cn2nnc3c2-c2ccccc2-c2nnn(Cc4ccccc4)c2-c2ccccc2-3)cc1. The van der Waals surface area contributed by atoms with Gasteiger partial charge in [-0.2, -0.15) is 0 Å². The van der Waals surface area contributed by atoms with Gasteiger partial charge in [-0.1, -0.05) is 330 Å². The molecule has 0 spiro atoms. The fraction of sp³-hybridized carbons (Fsp3) is 0.0714. The summed E-state index contributed by atoms with van der Waals surface area (Å²) in [5.74, 6) is 12.7. The quantitative estimate of drug-likeness (QED) is 0.0563. The molecule has 4 aromatic heterocycles. The summed E-state index contributed by atoms with van der Waals surface area (Å²) < 4.78 is 8.02. The van der Waals surface area contributed by atoms with Crippen molar-refractivity contribution in [1.29, 1.82) is 0 Å². The summed E-state index contributed by atoms with van der Waals surface area (Å²) >= 11 is 0. The van der Waals surface area contributed by atoms with Crippen LogP contribution in [-0.2, 0) is 32.7 Å². The van der Waals surface area contributed by atoms with Crippen LogP contribution < -0.4 is 0 Å². The van der Waals surface area contributed by atoms with E-state index in [-0.39, 0.29) is 7.43 Å². The van der Waals surface area contributed by atoms with Crippen molar-refractivity contribution in [3.05, 3.63) is 358 Å². The van der Waals surface area contributed by atoms with Crippen molar-refractivity contribution >= 4 is 0 Å². The predicted molar refractivity (Wildman–Crippen MR) is 391 cm³/mol. The van der Waals surface area contributed by atoms with Gasteiger partial charge in [-0.05, 0) is 57.6 Å². The fourth-order valence-corrected chi connectivity index (χ4v) is 12.5. The Morgan fingerprint density at radius 3 is 0.717 bits per heavy atom. The van der Waals surface area contributed by atoms with Gasteiger partial charge in [0.25, 0.3) is 0 Å². The molecule has 0 unspecified atom stereocenters. The van der Waals surface area contributed by atoms with Crippen molar-refractivity contribution in [2.24, 2.45) is 5.11 Å². The third kappa shape index (κ3) is 13.5. The van der Waals surface area contributed by atoms with E-state index in [9.17, 15) is 0 Å². The lowest BCUT2D eigenvalue weighted by Gasteiger charge is -2.19. The van der Waals surface area contributed by atoms with Crippen molar-refractivity contribution in [2.75, 3.05) is 0 Å². The van der Waals surface area contributed by atoms with E-state index in [1.54, 1.807) is 0 Å². The molecule has 3 aliphatic rings. The minimum atomic E-state index is 0. The highest BCUT2D eigenvalue weighted by Gasteiger charge is 2.32. The molecule has 11 aromatic carbocycles. The third-order valence-corrected chi connectivity index (χ3v) is 17.1. The Bertz CT molecular complexity index is 5140. The Morgan fingerprint density at radius 1 is 0.263 bits per heavy atom. The van der Waals surface area contributed by atoms with Crippen LogP contribution in [0.4, 0.5) is 0 Å². The smallest absolute Gasteiger partial charge is 0.121 e. The zero-order valence-corrected chi connectivity index (χ0v) is 53.0. The lowest BCUT2D eigenvalue weighted by molar-refractivity contribution is 0.653. The van der Waals surface area contributed by atoms with Crippen molar-refractivity contribution in [2.45, 2.75) is 40.2 Å². The lowest BCUT2D eigenvalue weighted by atomic mass is 9.89. The van der Waals surface area contributed by atoms with Gasteiger partial charge >= 0.3 is 0 Å². The van der Waals surface area contributed by atoms with Gasteiger partial charge in [0, 0.05) is 71.7 Å². The number of azide groups is 1. The zero-order chi connectivity index (χ0) is 65.8. The normalized spacial score (nSPS) is 10.9. The third-order valence-electron chi connectivity index (χ3n) is 17.1. The fourth-order valence-electron chi connectivity index (χ4n) is 12.5. The Hall–Kier alpha value is -13.6. The van der Waals surface area contributed by atoms with Crippen LogP contribution in [0.1, 0.15) is 57.5 Å². The topological polar surface area (TPSA) is 172 Å². The molecule has 15 nitrogen and oxygen atoms in total. The first-order valence-electron chi connectivity index (χ1n) is 32.2. The van der Waals surface area contributed by atoms with Crippen LogP contribution in [-0.4, -0.2) is 60.0 Å². The van der Waals surface area contributed by atoms with E-state index < -0.39 is 0 Å². The zero-order valence-electron chi connectivity index (χ0n) is 53.0. The Balaban J connectivity index is 0.000000124. The number of rotatable bonds is 10. The molecule has 0 N–H and O–H groups in total. The average Bonchev–Trinajstić information content (AvgIpc) is 1.50. The summed E-state index contributed by atoms with van der Waals surface area (Å²) in [4.78, 5) is 2.66. The predicted octanol–water partition coefficient (Wildman–Crippen LogP) is 17.8. The number of nitrogens with zero attached hydrogens (tertiary/aromatic N) is 15. The highest BCUT2D eigenvalue weighted by Crippen LogP contribution is 2.48. The molecule has 3 aliphatic carbocycles. The van der Waals surface area contributed by atoms with Gasteiger partial charge in [0.15, 0.2) is 0 Å². The molecule has 15 heteroatoms. The summed E-state index contributed by atoms with van der Waals surface area (Å²) in [5.41, 5.74) is 33.5. The minimum absolute atomic E-state index is 0. The van der Waals surface area contributed by atoms with Crippen LogP contribution in [0.2, 0.25) is 0 Å². The number of benzene rings is 11. The second-order valence-corrected chi connectivity index (χ2v) is 23.4. The summed E-state index contributed by atoms with van der Waals surface area (Å²) in [6, 6.07) is 101. The first-order chi connectivity index (χ1) is 48.6. The summed E-state index contributed by atoms with van der Waals surface area (Å²) in [5, 5.41) is 40.8. The van der Waals surface area contributed by atoms with E-state index in [0.717, 1.165) is 118 Å². The summed E-state index contributed by atoms with van der Waals surface area (Å²) in [7, 11) is 0. The highest BCUT2D eigenvalue weighted by atomic mass is 15.5. The Morgan fingerprint density at radius 2 is 0.465 bits per heavy atom. The molecule has 0 amide bonds. The molecule has 0 fully saturated rings. The van der Waals surface area contributed by atoms with E-state index in [1.807, 2.05) is 134 Å². The number of fused-ring (bicyclic) bond motifs is 18. The van der Waals surface area contributed by atoms with Crippen LogP contribution in [0.5, 0.6) is 0 Å². The number of hydrogen-bond donors (Lipinski definition) is 0. The van der Waals surface area contributed by atoms with Gasteiger partial charge in [0.1, 0.15) is 22.8 Å². The molecule has 99 heavy (non-hydrogen) atoms. The van der Waals surface area contributed by atoms with Crippen molar-refractivity contribution < 1.29 is 0 Å². The van der Waals surface area contributed by atoms with Crippen LogP contribution in [0.25, 0.3) is 101 Å². The number of aromatic nitrogens is 12. The monoisotopic (exact) mass is 1280 g/mol. The molecular formula is C84H63N15. The van der Waals surface area contributed by atoms with Gasteiger partial charge < -0.3 is 0 Å². The maximum Gasteiger partial charge on any atom is 0.121 e. The molecule has 0 atom stereocenters. The van der Waals surface area contributed by atoms with Crippen LogP contribution >= 0.6 is 0 Å². The molecule has 4 heterocycles. The first kappa shape index (κ1) is 62.8. The van der Waals surface area contributed by atoms with Crippen LogP contribution in [0.15, 0.2) is 302 Å². The van der Waals surface area contributed by atoms with Crippen LogP contribution in [0.3, 0.4) is 0 Å². The molecule has 474 valence electrons. The van der Waals surface area contributed by atoms with Crippen molar-refractivity contribution in [3.63, 3.8) is 0 Å². The molecule has 0 saturated carbocycles. The molecule has 0 radical (unpaired) electrons. The molecule has 0 saturated heterocycles. The van der Waals surface area contributed by atoms with E-state index >= 15 is 0 Å². The van der Waals surface area contributed by atoms with Gasteiger partial charge in [-0.3, -0.25) is 0 Å².